The first-order chi connectivity index (χ1) is 9.92. The van der Waals surface area contributed by atoms with E-state index in [0.29, 0.717) is 36.7 Å². The number of halogens is 1. The monoisotopic (exact) mass is 327 g/mol. The lowest BCUT2D eigenvalue weighted by Crippen LogP contribution is -2.45. The number of hydrogen-bond acceptors (Lipinski definition) is 3. The van der Waals surface area contributed by atoms with E-state index in [1.54, 1.807) is 17.9 Å². The van der Waals surface area contributed by atoms with Crippen molar-refractivity contribution in [3.8, 4) is 0 Å². The lowest BCUT2D eigenvalue weighted by molar-refractivity contribution is -0.152. The summed E-state index contributed by atoms with van der Waals surface area (Å²) in [6.07, 6.45) is 1.01. The minimum Gasteiger partial charge on any atom is -0.481 e. The molecular weight excluding hydrogens is 310 g/mol. The average Bonchev–Trinajstić information content (AvgIpc) is 2.46. The third-order valence-electron chi connectivity index (χ3n) is 3.92. The second kappa shape index (κ2) is 6.71. The fourth-order valence-corrected chi connectivity index (χ4v) is 3.40. The second-order valence-electron chi connectivity index (χ2n) is 5.47. The Balaban J connectivity index is 1.86. The van der Waals surface area contributed by atoms with Crippen LogP contribution in [0.25, 0.3) is 0 Å². The zero-order valence-electron chi connectivity index (χ0n) is 11.8. The molecule has 0 bridgehead atoms. The summed E-state index contributed by atoms with van der Waals surface area (Å²) in [7, 11) is 0. The average molecular weight is 328 g/mol. The first-order valence-corrected chi connectivity index (χ1v) is 8.17. The topological polar surface area (TPSA) is 57.6 Å². The molecule has 21 heavy (non-hydrogen) atoms. The maximum Gasteiger partial charge on any atom is 0.309 e. The van der Waals surface area contributed by atoms with Crippen molar-refractivity contribution in [3.63, 3.8) is 0 Å². The van der Waals surface area contributed by atoms with E-state index in [9.17, 15) is 14.7 Å². The van der Waals surface area contributed by atoms with E-state index >= 15 is 0 Å². The fourth-order valence-electron chi connectivity index (χ4n) is 2.26. The highest BCUT2D eigenvalue weighted by Gasteiger charge is 2.37. The van der Waals surface area contributed by atoms with Crippen molar-refractivity contribution in [3.05, 3.63) is 29.3 Å². The van der Waals surface area contributed by atoms with Gasteiger partial charge in [0.05, 0.1) is 16.2 Å². The van der Waals surface area contributed by atoms with Gasteiger partial charge in [-0.05, 0) is 31.9 Å². The van der Waals surface area contributed by atoms with Gasteiger partial charge in [0, 0.05) is 18.0 Å². The molecule has 0 saturated carbocycles. The number of piperidine rings is 1. The number of hydrogen-bond donors (Lipinski definition) is 1. The van der Waals surface area contributed by atoms with Crippen LogP contribution in [-0.4, -0.2) is 40.7 Å². The minimum atomic E-state index is -0.778. The maximum absolute atomic E-state index is 12.2. The molecule has 0 aromatic heterocycles. The maximum atomic E-state index is 12.2. The van der Waals surface area contributed by atoms with E-state index in [1.165, 1.54) is 11.8 Å². The van der Waals surface area contributed by atoms with Gasteiger partial charge >= 0.3 is 5.97 Å². The Labute approximate surface area is 133 Å². The highest BCUT2D eigenvalue weighted by molar-refractivity contribution is 8.00. The van der Waals surface area contributed by atoms with E-state index in [-0.39, 0.29) is 5.91 Å². The van der Waals surface area contributed by atoms with Gasteiger partial charge in [-0.2, -0.15) is 0 Å². The highest BCUT2D eigenvalue weighted by Crippen LogP contribution is 2.32. The molecule has 0 radical (unpaired) electrons. The number of benzene rings is 1. The number of carbonyl (C=O) groups is 2. The minimum absolute atomic E-state index is 0.0346. The molecule has 1 aliphatic rings. The summed E-state index contributed by atoms with van der Waals surface area (Å²) in [5.74, 6) is -0.416. The van der Waals surface area contributed by atoms with E-state index in [0.717, 1.165) is 4.90 Å². The van der Waals surface area contributed by atoms with Crippen LogP contribution in [-0.2, 0) is 9.59 Å². The van der Waals surface area contributed by atoms with Gasteiger partial charge in [0.2, 0.25) is 5.91 Å². The normalized spacial score (nSPS) is 17.5. The number of rotatable bonds is 4. The van der Waals surface area contributed by atoms with Crippen molar-refractivity contribution in [1.82, 2.24) is 4.90 Å². The Morgan fingerprint density at radius 3 is 2.52 bits per heavy atom. The van der Waals surface area contributed by atoms with Crippen LogP contribution in [0, 0.1) is 5.41 Å². The van der Waals surface area contributed by atoms with Gasteiger partial charge in [0.15, 0.2) is 0 Å². The molecule has 1 N–H and O–H groups in total. The third-order valence-corrected chi connectivity index (χ3v) is 5.42. The number of amides is 1. The van der Waals surface area contributed by atoms with Crippen LogP contribution in [0.15, 0.2) is 29.2 Å². The second-order valence-corrected chi connectivity index (χ2v) is 6.89. The molecule has 1 aromatic rings. The number of thioether (sulfide) groups is 1. The van der Waals surface area contributed by atoms with E-state index in [2.05, 4.69) is 0 Å². The molecule has 0 spiro atoms. The Morgan fingerprint density at radius 2 is 1.95 bits per heavy atom. The smallest absolute Gasteiger partial charge is 0.309 e. The van der Waals surface area contributed by atoms with Crippen molar-refractivity contribution < 1.29 is 14.7 Å². The Morgan fingerprint density at radius 1 is 1.33 bits per heavy atom. The molecule has 0 unspecified atom stereocenters. The van der Waals surface area contributed by atoms with Crippen LogP contribution in [0.5, 0.6) is 0 Å². The summed E-state index contributed by atoms with van der Waals surface area (Å²) < 4.78 is 0. The summed E-state index contributed by atoms with van der Waals surface area (Å²) in [4.78, 5) is 26.0. The number of nitrogens with zero attached hydrogens (tertiary/aromatic N) is 1. The predicted molar refractivity (Wildman–Crippen MR) is 83.7 cm³/mol. The van der Waals surface area contributed by atoms with Gasteiger partial charge in [-0.25, -0.2) is 0 Å². The van der Waals surface area contributed by atoms with Crippen LogP contribution in [0.1, 0.15) is 19.8 Å². The lowest BCUT2D eigenvalue weighted by Gasteiger charge is -2.36. The molecular formula is C15H18ClNO3S. The molecule has 1 aliphatic heterocycles. The fraction of sp³-hybridized carbons (Fsp3) is 0.467. The Kier molecular flexibility index (Phi) is 5.17. The highest BCUT2D eigenvalue weighted by atomic mass is 35.5. The molecule has 2 rings (SSSR count). The van der Waals surface area contributed by atoms with Gasteiger partial charge in [0.25, 0.3) is 0 Å². The summed E-state index contributed by atoms with van der Waals surface area (Å²) in [5.41, 5.74) is -0.702. The van der Waals surface area contributed by atoms with Crippen LogP contribution < -0.4 is 0 Å². The molecule has 1 fully saturated rings. The predicted octanol–water partition coefficient (Wildman–Crippen LogP) is 3.15. The third kappa shape index (κ3) is 3.92. The Hall–Kier alpha value is -1.20. The summed E-state index contributed by atoms with van der Waals surface area (Å²) in [6, 6.07) is 7.43. The molecule has 114 valence electrons. The SMILES string of the molecule is CC1(C(=O)O)CCN(C(=O)CSc2ccccc2Cl)CC1. The molecule has 0 atom stereocenters. The molecule has 1 heterocycles. The molecule has 1 saturated heterocycles. The van der Waals surface area contributed by atoms with Gasteiger partial charge in [-0.15, -0.1) is 11.8 Å². The number of carbonyl (C=O) groups excluding carboxylic acids is 1. The van der Waals surface area contributed by atoms with Crippen LogP contribution >= 0.6 is 23.4 Å². The molecule has 1 amide bonds. The van der Waals surface area contributed by atoms with Gasteiger partial charge in [0.1, 0.15) is 0 Å². The quantitative estimate of drug-likeness (QED) is 0.863. The standard InChI is InChI=1S/C15H18ClNO3S/c1-15(14(19)20)6-8-17(9-7-15)13(18)10-21-12-5-3-2-4-11(12)16/h2-5H,6-10H2,1H3,(H,19,20). The molecule has 6 heteroatoms. The Bertz CT molecular complexity index is 541. The number of aliphatic carboxylic acids is 1. The largest absolute Gasteiger partial charge is 0.481 e. The summed E-state index contributed by atoms with van der Waals surface area (Å²) in [6.45, 7) is 2.76. The number of carboxylic acid groups (broad SMARTS) is 1. The van der Waals surface area contributed by atoms with Crippen LogP contribution in [0.2, 0.25) is 5.02 Å². The van der Waals surface area contributed by atoms with Crippen molar-refractivity contribution in [1.29, 1.82) is 0 Å². The summed E-state index contributed by atoms with van der Waals surface area (Å²) >= 11 is 7.47. The lowest BCUT2D eigenvalue weighted by atomic mass is 9.80. The van der Waals surface area contributed by atoms with Gasteiger partial charge in [-0.1, -0.05) is 23.7 Å². The zero-order valence-corrected chi connectivity index (χ0v) is 13.4. The van der Waals surface area contributed by atoms with Crippen molar-refractivity contribution >= 4 is 35.2 Å². The zero-order chi connectivity index (χ0) is 15.5. The number of likely N-dealkylation sites (tertiary alicyclic amines) is 1. The number of carboxylic acids is 1. The molecule has 0 aliphatic carbocycles. The van der Waals surface area contributed by atoms with Crippen LogP contribution in [0.4, 0.5) is 0 Å². The van der Waals surface area contributed by atoms with E-state index in [1.807, 2.05) is 18.2 Å². The van der Waals surface area contributed by atoms with Crippen molar-refractivity contribution in [2.24, 2.45) is 5.41 Å². The van der Waals surface area contributed by atoms with E-state index < -0.39 is 11.4 Å². The van der Waals surface area contributed by atoms with Crippen LogP contribution in [0.3, 0.4) is 0 Å². The van der Waals surface area contributed by atoms with E-state index in [4.69, 9.17) is 11.6 Å². The van der Waals surface area contributed by atoms with Gasteiger partial charge in [-0.3, -0.25) is 9.59 Å². The first kappa shape index (κ1) is 16.2. The molecule has 4 nitrogen and oxygen atoms in total. The van der Waals surface area contributed by atoms with Gasteiger partial charge < -0.3 is 10.0 Å². The van der Waals surface area contributed by atoms with Crippen molar-refractivity contribution in [2.75, 3.05) is 18.8 Å². The molecule has 1 aromatic carbocycles. The first-order valence-electron chi connectivity index (χ1n) is 6.81. The van der Waals surface area contributed by atoms with Crippen molar-refractivity contribution in [2.45, 2.75) is 24.7 Å². The summed E-state index contributed by atoms with van der Waals surface area (Å²) in [5, 5.41) is 9.83.